The van der Waals surface area contributed by atoms with Crippen molar-refractivity contribution in [1.82, 2.24) is 0 Å². The molecule has 2 rings (SSSR count). The Morgan fingerprint density at radius 2 is 2.00 bits per heavy atom. The summed E-state index contributed by atoms with van der Waals surface area (Å²) in [6.45, 7) is 2.08. The number of hydrogen-bond donors (Lipinski definition) is 0. The number of hydrogen-bond acceptors (Lipinski definition) is 3. The van der Waals surface area contributed by atoms with Gasteiger partial charge in [0.2, 0.25) is 0 Å². The molecule has 100 valence electrons. The molecule has 18 heavy (non-hydrogen) atoms. The Bertz CT molecular complexity index is 446. The van der Waals surface area contributed by atoms with Crippen molar-refractivity contribution in [3.05, 3.63) is 35.4 Å². The van der Waals surface area contributed by atoms with Crippen molar-refractivity contribution in [3.63, 3.8) is 0 Å². The lowest BCUT2D eigenvalue weighted by Gasteiger charge is -2.22. The van der Waals surface area contributed by atoms with Crippen LogP contribution in [0, 0.1) is 12.8 Å². The van der Waals surface area contributed by atoms with E-state index < -0.39 is 7.60 Å². The highest BCUT2D eigenvalue weighted by Gasteiger charge is 2.38. The van der Waals surface area contributed by atoms with Crippen molar-refractivity contribution in [2.45, 2.75) is 25.7 Å². The fraction of sp³-hybridized carbons (Fsp3) is 0.571. The van der Waals surface area contributed by atoms with E-state index in [0.29, 0.717) is 12.1 Å². The van der Waals surface area contributed by atoms with Gasteiger partial charge in [-0.05, 0) is 37.2 Å². The van der Waals surface area contributed by atoms with Gasteiger partial charge in [0.05, 0.1) is 6.16 Å². The molecule has 0 radical (unpaired) electrons. The molecule has 0 heterocycles. The van der Waals surface area contributed by atoms with Gasteiger partial charge in [0.15, 0.2) is 0 Å². The molecule has 1 fully saturated rings. The number of benzene rings is 1. The monoisotopic (exact) mass is 268 g/mol. The number of aryl methyl sites for hydroxylation is 1. The highest BCUT2D eigenvalue weighted by molar-refractivity contribution is 7.53. The highest BCUT2D eigenvalue weighted by Crippen LogP contribution is 2.55. The van der Waals surface area contributed by atoms with Gasteiger partial charge in [-0.3, -0.25) is 4.57 Å². The minimum Gasteiger partial charge on any atom is -0.312 e. The van der Waals surface area contributed by atoms with Crippen LogP contribution >= 0.6 is 7.60 Å². The van der Waals surface area contributed by atoms with Crippen molar-refractivity contribution < 1.29 is 13.6 Å². The molecule has 1 atom stereocenters. The van der Waals surface area contributed by atoms with Gasteiger partial charge in [-0.1, -0.05) is 29.8 Å². The predicted octanol–water partition coefficient (Wildman–Crippen LogP) is 3.97. The molecule has 0 spiro atoms. The maximum absolute atomic E-state index is 12.3. The van der Waals surface area contributed by atoms with Gasteiger partial charge in [-0.25, -0.2) is 0 Å². The topological polar surface area (TPSA) is 35.5 Å². The Morgan fingerprint density at radius 3 is 2.50 bits per heavy atom. The minimum atomic E-state index is -2.93. The minimum absolute atomic E-state index is 0.288. The first-order valence-electron chi connectivity index (χ1n) is 6.35. The van der Waals surface area contributed by atoms with E-state index in [4.69, 9.17) is 9.05 Å². The summed E-state index contributed by atoms with van der Waals surface area (Å²) in [5, 5.41) is 0. The molecule has 0 amide bonds. The molecule has 0 aliphatic heterocycles. The summed E-state index contributed by atoms with van der Waals surface area (Å²) in [5.41, 5.74) is 2.50. The lowest BCUT2D eigenvalue weighted by molar-refractivity contribution is 0.272. The summed E-state index contributed by atoms with van der Waals surface area (Å²) in [6.07, 6.45) is 2.91. The lowest BCUT2D eigenvalue weighted by Crippen LogP contribution is -2.09. The van der Waals surface area contributed by atoms with E-state index in [1.807, 2.05) is 0 Å². The second kappa shape index (κ2) is 5.56. The van der Waals surface area contributed by atoms with E-state index in [9.17, 15) is 4.57 Å². The molecule has 1 aliphatic carbocycles. The zero-order valence-corrected chi connectivity index (χ0v) is 12.2. The maximum Gasteiger partial charge on any atom is 0.330 e. The molecule has 4 heteroatoms. The Hall–Kier alpha value is -0.630. The molecule has 3 nitrogen and oxygen atoms in total. The molecule has 0 N–H and O–H groups in total. The van der Waals surface area contributed by atoms with Gasteiger partial charge < -0.3 is 9.05 Å². The average molecular weight is 268 g/mol. The Morgan fingerprint density at radius 1 is 1.33 bits per heavy atom. The van der Waals surface area contributed by atoms with Gasteiger partial charge in [-0.2, -0.15) is 0 Å². The lowest BCUT2D eigenvalue weighted by atomic mass is 9.95. The quantitative estimate of drug-likeness (QED) is 0.732. The van der Waals surface area contributed by atoms with E-state index in [1.165, 1.54) is 38.2 Å². The van der Waals surface area contributed by atoms with Crippen LogP contribution in [0.5, 0.6) is 0 Å². The Labute approximate surface area is 109 Å². The standard InChI is InChI=1S/C14H21O3P/c1-11-5-4-6-13(9-11)14(12-7-8-12)10-18(15,16-2)17-3/h4-6,9,12,14H,7-8,10H2,1-3H3. The van der Waals surface area contributed by atoms with Crippen LogP contribution in [0.3, 0.4) is 0 Å². The molecular weight excluding hydrogens is 247 g/mol. The average Bonchev–Trinajstić information content (AvgIpc) is 3.20. The van der Waals surface area contributed by atoms with E-state index in [0.717, 1.165) is 0 Å². The van der Waals surface area contributed by atoms with Gasteiger partial charge in [0, 0.05) is 14.2 Å². The highest BCUT2D eigenvalue weighted by atomic mass is 31.2. The summed E-state index contributed by atoms with van der Waals surface area (Å²) in [5.74, 6) is 0.918. The third kappa shape index (κ3) is 3.23. The van der Waals surface area contributed by atoms with Crippen LogP contribution < -0.4 is 0 Å². The fourth-order valence-electron chi connectivity index (χ4n) is 2.39. The molecule has 1 aromatic rings. The largest absolute Gasteiger partial charge is 0.330 e. The van der Waals surface area contributed by atoms with E-state index >= 15 is 0 Å². The fourth-order valence-corrected chi connectivity index (χ4v) is 3.83. The zero-order chi connectivity index (χ0) is 13.2. The predicted molar refractivity (Wildman–Crippen MR) is 73.1 cm³/mol. The normalized spacial score (nSPS) is 17.7. The molecule has 0 aromatic heterocycles. The van der Waals surface area contributed by atoms with Gasteiger partial charge in [0.25, 0.3) is 0 Å². The third-order valence-electron chi connectivity index (χ3n) is 3.64. The van der Waals surface area contributed by atoms with Crippen LogP contribution in [0.2, 0.25) is 0 Å². The van der Waals surface area contributed by atoms with Crippen molar-refractivity contribution >= 4 is 7.60 Å². The van der Waals surface area contributed by atoms with Crippen LogP contribution in [-0.4, -0.2) is 20.4 Å². The molecule has 0 saturated heterocycles. The van der Waals surface area contributed by atoms with E-state index in [2.05, 4.69) is 31.2 Å². The molecule has 0 bridgehead atoms. The first-order chi connectivity index (χ1) is 8.58. The van der Waals surface area contributed by atoms with Crippen LogP contribution in [0.4, 0.5) is 0 Å². The molecular formula is C14H21O3P. The van der Waals surface area contributed by atoms with Crippen LogP contribution in [0.15, 0.2) is 24.3 Å². The second-order valence-electron chi connectivity index (χ2n) is 5.02. The van der Waals surface area contributed by atoms with Gasteiger partial charge in [-0.15, -0.1) is 0 Å². The first kappa shape index (κ1) is 13.8. The van der Waals surface area contributed by atoms with Gasteiger partial charge in [0.1, 0.15) is 0 Å². The summed E-state index contributed by atoms with van der Waals surface area (Å²) >= 11 is 0. The summed E-state index contributed by atoms with van der Waals surface area (Å²) in [6, 6.07) is 8.44. The van der Waals surface area contributed by atoms with Gasteiger partial charge >= 0.3 is 7.60 Å². The van der Waals surface area contributed by atoms with E-state index in [-0.39, 0.29) is 5.92 Å². The molecule has 1 saturated carbocycles. The molecule has 1 aromatic carbocycles. The van der Waals surface area contributed by atoms with Crippen LogP contribution in [0.1, 0.15) is 29.9 Å². The summed E-state index contributed by atoms with van der Waals surface area (Å²) in [4.78, 5) is 0. The van der Waals surface area contributed by atoms with Crippen molar-refractivity contribution in [3.8, 4) is 0 Å². The molecule has 1 unspecified atom stereocenters. The Balaban J connectivity index is 2.21. The summed E-state index contributed by atoms with van der Waals surface area (Å²) in [7, 11) is -0.00618. The Kier molecular flexibility index (Phi) is 4.26. The maximum atomic E-state index is 12.3. The molecule has 1 aliphatic rings. The summed E-state index contributed by atoms with van der Waals surface area (Å²) < 4.78 is 22.5. The third-order valence-corrected chi connectivity index (χ3v) is 5.59. The van der Waals surface area contributed by atoms with Crippen molar-refractivity contribution in [1.29, 1.82) is 0 Å². The zero-order valence-electron chi connectivity index (χ0n) is 11.3. The van der Waals surface area contributed by atoms with Crippen molar-refractivity contribution in [2.75, 3.05) is 20.4 Å². The smallest absolute Gasteiger partial charge is 0.312 e. The number of rotatable bonds is 6. The SMILES string of the molecule is COP(=O)(CC(c1cccc(C)c1)C1CC1)OC. The second-order valence-corrected chi connectivity index (χ2v) is 7.33. The van der Waals surface area contributed by atoms with Crippen molar-refractivity contribution in [2.24, 2.45) is 5.92 Å². The van der Waals surface area contributed by atoms with E-state index in [1.54, 1.807) is 0 Å². The van der Waals surface area contributed by atoms with Crippen LogP contribution in [0.25, 0.3) is 0 Å². The first-order valence-corrected chi connectivity index (χ1v) is 8.08. The van der Waals surface area contributed by atoms with Crippen LogP contribution in [-0.2, 0) is 13.6 Å².